The molecule has 2 amide bonds. The average Bonchev–Trinajstić information content (AvgIpc) is 2.60. The second kappa shape index (κ2) is 7.47. The lowest BCUT2D eigenvalue weighted by Gasteiger charge is -2.23. The standard InChI is InChI=1S/C20H24N2O4/c1-12-10-14(7-8-15(12)20(2,3)19(21)24)22-18(23)13-6-9-16(25-4)17(11-13)26-5/h6-11H,1-5H3,(H2,21,24)(H,22,23). The Kier molecular flexibility index (Phi) is 5.55. The SMILES string of the molecule is COc1ccc(C(=O)Nc2ccc(C(C)(C)C(N)=O)c(C)c2)cc1OC. The van der Waals surface area contributed by atoms with Gasteiger partial charge in [0.2, 0.25) is 5.91 Å². The zero-order chi connectivity index (χ0) is 19.5. The maximum Gasteiger partial charge on any atom is 0.255 e. The molecule has 6 heteroatoms. The number of rotatable bonds is 6. The predicted molar refractivity (Wildman–Crippen MR) is 101 cm³/mol. The van der Waals surface area contributed by atoms with E-state index in [1.54, 1.807) is 38.1 Å². The van der Waals surface area contributed by atoms with Gasteiger partial charge < -0.3 is 20.5 Å². The van der Waals surface area contributed by atoms with E-state index in [-0.39, 0.29) is 5.91 Å². The van der Waals surface area contributed by atoms with Crippen molar-refractivity contribution in [3.8, 4) is 11.5 Å². The van der Waals surface area contributed by atoms with E-state index in [1.165, 1.54) is 14.2 Å². The van der Waals surface area contributed by atoms with E-state index < -0.39 is 11.3 Å². The van der Waals surface area contributed by atoms with E-state index in [4.69, 9.17) is 15.2 Å². The van der Waals surface area contributed by atoms with Crippen molar-refractivity contribution in [3.05, 3.63) is 53.1 Å². The molecule has 0 aromatic heterocycles. The van der Waals surface area contributed by atoms with Crippen LogP contribution in [0, 0.1) is 6.92 Å². The molecular formula is C20H24N2O4. The number of aryl methyl sites for hydroxylation is 1. The quantitative estimate of drug-likeness (QED) is 0.832. The van der Waals surface area contributed by atoms with Crippen LogP contribution in [0.25, 0.3) is 0 Å². The molecule has 2 rings (SSSR count). The third kappa shape index (κ3) is 3.79. The monoisotopic (exact) mass is 356 g/mol. The third-order valence-electron chi connectivity index (χ3n) is 4.42. The van der Waals surface area contributed by atoms with E-state index in [9.17, 15) is 9.59 Å². The van der Waals surface area contributed by atoms with Gasteiger partial charge in [-0.25, -0.2) is 0 Å². The van der Waals surface area contributed by atoms with Gasteiger partial charge >= 0.3 is 0 Å². The smallest absolute Gasteiger partial charge is 0.255 e. The van der Waals surface area contributed by atoms with Crippen LogP contribution in [0.1, 0.15) is 35.3 Å². The summed E-state index contributed by atoms with van der Waals surface area (Å²) in [6.45, 7) is 5.44. The third-order valence-corrected chi connectivity index (χ3v) is 4.42. The van der Waals surface area contributed by atoms with Crippen LogP contribution in [0.4, 0.5) is 5.69 Å². The summed E-state index contributed by atoms with van der Waals surface area (Å²) in [6.07, 6.45) is 0. The molecule has 0 bridgehead atoms. The normalized spacial score (nSPS) is 11.0. The minimum absolute atomic E-state index is 0.271. The number of hydrogen-bond donors (Lipinski definition) is 2. The second-order valence-electron chi connectivity index (χ2n) is 6.54. The number of methoxy groups -OCH3 is 2. The highest BCUT2D eigenvalue weighted by Gasteiger charge is 2.28. The molecular weight excluding hydrogens is 332 g/mol. The van der Waals surface area contributed by atoms with Gasteiger partial charge in [0.25, 0.3) is 5.91 Å². The molecule has 0 aliphatic carbocycles. The van der Waals surface area contributed by atoms with Gasteiger partial charge in [-0.15, -0.1) is 0 Å². The fraction of sp³-hybridized carbons (Fsp3) is 0.300. The summed E-state index contributed by atoms with van der Waals surface area (Å²) in [7, 11) is 3.05. The molecule has 26 heavy (non-hydrogen) atoms. The van der Waals surface area contributed by atoms with Crippen molar-refractivity contribution >= 4 is 17.5 Å². The van der Waals surface area contributed by atoms with Crippen molar-refractivity contribution in [1.29, 1.82) is 0 Å². The van der Waals surface area contributed by atoms with Crippen molar-refractivity contribution in [2.24, 2.45) is 5.73 Å². The lowest BCUT2D eigenvalue weighted by Crippen LogP contribution is -2.36. The lowest BCUT2D eigenvalue weighted by molar-refractivity contribution is -0.122. The van der Waals surface area contributed by atoms with Crippen LogP contribution in [-0.2, 0) is 10.2 Å². The highest BCUT2D eigenvalue weighted by molar-refractivity contribution is 6.04. The minimum Gasteiger partial charge on any atom is -0.493 e. The molecule has 0 saturated heterocycles. The molecule has 2 aromatic rings. The second-order valence-corrected chi connectivity index (χ2v) is 6.54. The van der Waals surface area contributed by atoms with E-state index in [2.05, 4.69) is 5.32 Å². The molecule has 0 fully saturated rings. The molecule has 138 valence electrons. The summed E-state index contributed by atoms with van der Waals surface area (Å²) < 4.78 is 10.4. The van der Waals surface area contributed by atoms with Crippen molar-refractivity contribution in [1.82, 2.24) is 0 Å². The summed E-state index contributed by atoms with van der Waals surface area (Å²) in [6, 6.07) is 10.3. The summed E-state index contributed by atoms with van der Waals surface area (Å²) in [4.78, 5) is 24.2. The maximum absolute atomic E-state index is 12.5. The first-order valence-corrected chi connectivity index (χ1v) is 8.15. The number of primary amides is 1. The first kappa shape index (κ1) is 19.3. The number of hydrogen-bond acceptors (Lipinski definition) is 4. The molecule has 0 unspecified atom stereocenters. The molecule has 0 atom stereocenters. The number of nitrogens with one attached hydrogen (secondary N) is 1. The van der Waals surface area contributed by atoms with E-state index in [0.29, 0.717) is 22.7 Å². The van der Waals surface area contributed by atoms with Crippen LogP contribution < -0.4 is 20.5 Å². The fourth-order valence-electron chi connectivity index (χ4n) is 2.76. The Labute approximate surface area is 153 Å². The predicted octanol–water partition coefficient (Wildman–Crippen LogP) is 3.03. The van der Waals surface area contributed by atoms with Gasteiger partial charge in [0.1, 0.15) is 0 Å². The summed E-state index contributed by atoms with van der Waals surface area (Å²) in [5.74, 6) is 0.364. The van der Waals surface area contributed by atoms with Crippen molar-refractivity contribution < 1.29 is 19.1 Å². The van der Waals surface area contributed by atoms with Crippen molar-refractivity contribution in [3.63, 3.8) is 0 Å². The number of benzene rings is 2. The fourth-order valence-corrected chi connectivity index (χ4v) is 2.76. The number of carbonyl (C=O) groups is 2. The molecule has 0 aliphatic rings. The van der Waals surface area contributed by atoms with E-state index >= 15 is 0 Å². The van der Waals surface area contributed by atoms with Gasteiger partial charge in [-0.2, -0.15) is 0 Å². The first-order valence-electron chi connectivity index (χ1n) is 8.15. The number of amides is 2. The topological polar surface area (TPSA) is 90.6 Å². The molecule has 0 heterocycles. The Balaban J connectivity index is 2.25. The molecule has 6 nitrogen and oxygen atoms in total. The number of nitrogens with two attached hydrogens (primary N) is 1. The van der Waals surface area contributed by atoms with Crippen LogP contribution in [0.3, 0.4) is 0 Å². The highest BCUT2D eigenvalue weighted by Crippen LogP contribution is 2.29. The Morgan fingerprint density at radius 1 is 1.00 bits per heavy atom. The molecule has 3 N–H and O–H groups in total. The van der Waals surface area contributed by atoms with Crippen molar-refractivity contribution in [2.75, 3.05) is 19.5 Å². The Bertz CT molecular complexity index is 844. The minimum atomic E-state index is -0.782. The van der Waals surface area contributed by atoms with Gasteiger partial charge in [0, 0.05) is 11.3 Å². The molecule has 0 aliphatic heterocycles. The summed E-state index contributed by atoms with van der Waals surface area (Å²) in [5.41, 5.74) is 7.48. The van der Waals surface area contributed by atoms with Gasteiger partial charge in [0.05, 0.1) is 19.6 Å². The average molecular weight is 356 g/mol. The zero-order valence-electron chi connectivity index (χ0n) is 15.7. The largest absolute Gasteiger partial charge is 0.493 e. The van der Waals surface area contributed by atoms with Crippen LogP contribution in [-0.4, -0.2) is 26.0 Å². The lowest BCUT2D eigenvalue weighted by atomic mass is 9.81. The molecule has 0 spiro atoms. The van der Waals surface area contributed by atoms with Gasteiger partial charge in [-0.05, 0) is 62.2 Å². The van der Waals surface area contributed by atoms with Crippen LogP contribution in [0.2, 0.25) is 0 Å². The Hall–Kier alpha value is -3.02. The van der Waals surface area contributed by atoms with Crippen LogP contribution in [0.5, 0.6) is 11.5 Å². The van der Waals surface area contributed by atoms with Gasteiger partial charge in [-0.3, -0.25) is 9.59 Å². The molecule has 0 radical (unpaired) electrons. The Morgan fingerprint density at radius 2 is 1.65 bits per heavy atom. The number of anilines is 1. The van der Waals surface area contributed by atoms with Crippen molar-refractivity contribution in [2.45, 2.75) is 26.2 Å². The van der Waals surface area contributed by atoms with Crippen LogP contribution in [0.15, 0.2) is 36.4 Å². The molecule has 0 saturated carbocycles. The zero-order valence-corrected chi connectivity index (χ0v) is 15.7. The highest BCUT2D eigenvalue weighted by atomic mass is 16.5. The van der Waals surface area contributed by atoms with Gasteiger partial charge in [-0.1, -0.05) is 6.07 Å². The molecule has 2 aromatic carbocycles. The van der Waals surface area contributed by atoms with E-state index in [1.807, 2.05) is 19.1 Å². The Morgan fingerprint density at radius 3 is 2.19 bits per heavy atom. The van der Waals surface area contributed by atoms with Gasteiger partial charge in [0.15, 0.2) is 11.5 Å². The van der Waals surface area contributed by atoms with E-state index in [0.717, 1.165) is 11.1 Å². The first-order chi connectivity index (χ1) is 12.2. The summed E-state index contributed by atoms with van der Waals surface area (Å²) >= 11 is 0. The van der Waals surface area contributed by atoms with Crippen LogP contribution >= 0.6 is 0 Å². The number of carbonyl (C=O) groups excluding carboxylic acids is 2. The number of ether oxygens (including phenoxy) is 2. The summed E-state index contributed by atoms with van der Waals surface area (Å²) in [5, 5.41) is 2.84. The maximum atomic E-state index is 12.5.